The zero-order valence-electron chi connectivity index (χ0n) is 8.09. The quantitative estimate of drug-likeness (QED) is 0.637. The Labute approximate surface area is 78.8 Å². The van der Waals surface area contributed by atoms with E-state index < -0.39 is 0 Å². The van der Waals surface area contributed by atoms with Gasteiger partial charge in [0.1, 0.15) is 0 Å². The summed E-state index contributed by atoms with van der Waals surface area (Å²) < 4.78 is 5.66. The predicted molar refractivity (Wildman–Crippen MR) is 50.0 cm³/mol. The monoisotopic (exact) mass is 181 g/mol. The lowest BCUT2D eigenvalue weighted by Crippen LogP contribution is -2.32. The number of rotatable bonds is 2. The first-order valence-electron chi connectivity index (χ1n) is 4.46. The van der Waals surface area contributed by atoms with Crippen LogP contribution in [0.1, 0.15) is 26.7 Å². The van der Waals surface area contributed by atoms with Gasteiger partial charge in [-0.05, 0) is 32.6 Å². The van der Waals surface area contributed by atoms with Crippen molar-refractivity contribution < 1.29 is 9.53 Å². The largest absolute Gasteiger partial charge is 0.371 e. The topological polar surface area (TPSA) is 38.3 Å². The van der Waals surface area contributed by atoms with E-state index in [1.54, 1.807) is 0 Å². The first-order valence-corrected chi connectivity index (χ1v) is 4.46. The molecular weight excluding hydrogens is 166 g/mol. The van der Waals surface area contributed by atoms with E-state index in [0.29, 0.717) is 6.54 Å². The Morgan fingerprint density at radius 3 is 2.92 bits per heavy atom. The van der Waals surface area contributed by atoms with Crippen molar-refractivity contribution in [1.82, 2.24) is 5.32 Å². The number of amides is 1. The van der Waals surface area contributed by atoms with Crippen LogP contribution in [0.5, 0.6) is 0 Å². The van der Waals surface area contributed by atoms with Gasteiger partial charge >= 0.3 is 0 Å². The van der Waals surface area contributed by atoms with Crippen LogP contribution in [0.25, 0.3) is 0 Å². The lowest BCUT2D eigenvalue weighted by atomic mass is 10.1. The van der Waals surface area contributed by atoms with Crippen LogP contribution in [0, 0.1) is 12.3 Å². The molecule has 72 valence electrons. The highest BCUT2D eigenvalue weighted by Gasteiger charge is 2.31. The molecule has 1 rings (SSSR count). The Hall–Kier alpha value is -1.01. The summed E-state index contributed by atoms with van der Waals surface area (Å²) in [5.74, 6) is 1.64. The second kappa shape index (κ2) is 3.80. The standard InChI is InChI=1S/C10H15NO2/c1-4-9(12)11-7-8-5-6-10(2,3)13-8/h1,8H,5-7H2,2-3H3,(H,11,12). The van der Waals surface area contributed by atoms with E-state index in [-0.39, 0.29) is 17.6 Å². The Morgan fingerprint density at radius 1 is 1.77 bits per heavy atom. The molecule has 3 nitrogen and oxygen atoms in total. The summed E-state index contributed by atoms with van der Waals surface area (Å²) in [4.78, 5) is 10.7. The van der Waals surface area contributed by atoms with Crippen molar-refractivity contribution in [3.63, 3.8) is 0 Å². The van der Waals surface area contributed by atoms with Gasteiger partial charge in [-0.3, -0.25) is 4.79 Å². The highest BCUT2D eigenvalue weighted by molar-refractivity contribution is 5.92. The van der Waals surface area contributed by atoms with Crippen molar-refractivity contribution in [1.29, 1.82) is 0 Å². The maximum Gasteiger partial charge on any atom is 0.295 e. The van der Waals surface area contributed by atoms with Crippen LogP contribution in [0.15, 0.2) is 0 Å². The molecule has 1 saturated heterocycles. The molecule has 1 aliphatic rings. The number of hydrogen-bond donors (Lipinski definition) is 1. The maximum atomic E-state index is 10.7. The highest BCUT2D eigenvalue weighted by atomic mass is 16.5. The zero-order valence-corrected chi connectivity index (χ0v) is 8.09. The van der Waals surface area contributed by atoms with Crippen LogP contribution in [0.4, 0.5) is 0 Å². The molecule has 3 heteroatoms. The minimum atomic E-state index is -0.367. The van der Waals surface area contributed by atoms with Crippen molar-refractivity contribution in [2.45, 2.75) is 38.4 Å². The number of nitrogens with one attached hydrogen (secondary N) is 1. The third-order valence-corrected chi connectivity index (χ3v) is 2.18. The molecule has 1 heterocycles. The normalized spacial score (nSPS) is 25.2. The molecule has 0 aliphatic carbocycles. The maximum absolute atomic E-state index is 10.7. The summed E-state index contributed by atoms with van der Waals surface area (Å²) in [6.45, 7) is 4.62. The first kappa shape index (κ1) is 10.1. The fourth-order valence-electron chi connectivity index (χ4n) is 1.48. The smallest absolute Gasteiger partial charge is 0.295 e. The first-order chi connectivity index (χ1) is 6.03. The SMILES string of the molecule is C#CC(=O)NCC1CCC(C)(C)O1. The molecule has 0 aromatic carbocycles. The third kappa shape index (κ3) is 3.08. The van der Waals surface area contributed by atoms with Crippen molar-refractivity contribution in [2.24, 2.45) is 0 Å². The van der Waals surface area contributed by atoms with Crippen molar-refractivity contribution in [2.75, 3.05) is 6.54 Å². The Bertz CT molecular complexity index is 240. The van der Waals surface area contributed by atoms with E-state index in [1.165, 1.54) is 0 Å². The van der Waals surface area contributed by atoms with Crippen LogP contribution in [0.2, 0.25) is 0 Å². The van der Waals surface area contributed by atoms with E-state index in [1.807, 2.05) is 5.92 Å². The molecule has 0 radical (unpaired) electrons. The van der Waals surface area contributed by atoms with E-state index in [2.05, 4.69) is 19.2 Å². The number of terminal acetylenes is 1. The number of hydrogen-bond acceptors (Lipinski definition) is 2. The van der Waals surface area contributed by atoms with Gasteiger partial charge in [0, 0.05) is 6.54 Å². The Morgan fingerprint density at radius 2 is 2.46 bits per heavy atom. The van der Waals surface area contributed by atoms with Crippen molar-refractivity contribution >= 4 is 5.91 Å². The van der Waals surface area contributed by atoms with Gasteiger partial charge in [0.05, 0.1) is 11.7 Å². The average molecular weight is 181 g/mol. The van der Waals surface area contributed by atoms with Crippen LogP contribution >= 0.6 is 0 Å². The molecule has 1 fully saturated rings. The van der Waals surface area contributed by atoms with Crippen molar-refractivity contribution in [3.8, 4) is 12.3 Å². The second-order valence-corrected chi connectivity index (χ2v) is 3.89. The average Bonchev–Trinajstić information content (AvgIpc) is 2.41. The third-order valence-electron chi connectivity index (χ3n) is 2.18. The molecule has 1 N–H and O–H groups in total. The number of carbonyl (C=O) groups is 1. The molecule has 0 bridgehead atoms. The van der Waals surface area contributed by atoms with E-state index in [9.17, 15) is 4.79 Å². The van der Waals surface area contributed by atoms with Crippen LogP contribution < -0.4 is 5.32 Å². The second-order valence-electron chi connectivity index (χ2n) is 3.89. The van der Waals surface area contributed by atoms with Gasteiger partial charge in [-0.25, -0.2) is 0 Å². The molecule has 0 aromatic heterocycles. The number of ether oxygens (including phenoxy) is 1. The summed E-state index contributed by atoms with van der Waals surface area (Å²) in [5, 5.41) is 2.61. The molecule has 1 aliphatic heterocycles. The molecule has 1 unspecified atom stereocenters. The molecule has 0 spiro atoms. The zero-order chi connectivity index (χ0) is 9.90. The molecule has 1 atom stereocenters. The van der Waals surface area contributed by atoms with Crippen LogP contribution in [-0.4, -0.2) is 24.2 Å². The summed E-state index contributed by atoms with van der Waals surface area (Å²) in [6, 6.07) is 0. The van der Waals surface area contributed by atoms with Gasteiger partial charge in [0.25, 0.3) is 5.91 Å². The molecule has 1 amide bonds. The summed E-state index contributed by atoms with van der Waals surface area (Å²) in [6.07, 6.45) is 7.04. The van der Waals surface area contributed by atoms with E-state index in [4.69, 9.17) is 11.2 Å². The van der Waals surface area contributed by atoms with E-state index >= 15 is 0 Å². The molecule has 0 saturated carbocycles. The minimum absolute atomic E-state index is 0.0501. The van der Waals surface area contributed by atoms with Gasteiger partial charge in [0.15, 0.2) is 0 Å². The van der Waals surface area contributed by atoms with Gasteiger partial charge in [-0.2, -0.15) is 0 Å². The summed E-state index contributed by atoms with van der Waals surface area (Å²) in [7, 11) is 0. The summed E-state index contributed by atoms with van der Waals surface area (Å²) in [5.41, 5.74) is -0.0501. The van der Waals surface area contributed by atoms with Crippen molar-refractivity contribution in [3.05, 3.63) is 0 Å². The van der Waals surface area contributed by atoms with Crippen LogP contribution in [-0.2, 0) is 9.53 Å². The van der Waals surface area contributed by atoms with E-state index in [0.717, 1.165) is 12.8 Å². The van der Waals surface area contributed by atoms with Crippen LogP contribution in [0.3, 0.4) is 0 Å². The van der Waals surface area contributed by atoms with Gasteiger partial charge in [-0.1, -0.05) is 0 Å². The van der Waals surface area contributed by atoms with Gasteiger partial charge in [0.2, 0.25) is 0 Å². The minimum Gasteiger partial charge on any atom is -0.371 e. The fraction of sp³-hybridized carbons (Fsp3) is 0.700. The Kier molecular flexibility index (Phi) is 2.94. The lowest BCUT2D eigenvalue weighted by Gasteiger charge is -2.19. The predicted octanol–water partition coefficient (Wildman–Crippen LogP) is 0.693. The molecular formula is C10H15NO2. The Balaban J connectivity index is 2.26. The number of carbonyl (C=O) groups excluding carboxylic acids is 1. The highest BCUT2D eigenvalue weighted by Crippen LogP contribution is 2.28. The van der Waals surface area contributed by atoms with Gasteiger partial charge < -0.3 is 10.1 Å². The van der Waals surface area contributed by atoms with Gasteiger partial charge in [-0.15, -0.1) is 6.42 Å². The summed E-state index contributed by atoms with van der Waals surface area (Å²) >= 11 is 0. The molecule has 0 aromatic rings. The molecule has 13 heavy (non-hydrogen) atoms. The lowest BCUT2D eigenvalue weighted by molar-refractivity contribution is -0.116. The fourth-order valence-corrected chi connectivity index (χ4v) is 1.48.